The Balaban J connectivity index is 1.70. The first-order valence-corrected chi connectivity index (χ1v) is 12.3. The smallest absolute Gasteiger partial charge is 0.337 e. The fourth-order valence-corrected chi connectivity index (χ4v) is 3.48. The Kier molecular flexibility index (Phi) is 10.5. The van der Waals surface area contributed by atoms with E-state index in [4.69, 9.17) is 23.7 Å². The van der Waals surface area contributed by atoms with E-state index >= 15 is 0 Å². The zero-order chi connectivity index (χ0) is 27.3. The predicted octanol–water partition coefficient (Wildman–Crippen LogP) is 5.01. The van der Waals surface area contributed by atoms with Gasteiger partial charge in [-0.2, -0.15) is 5.10 Å². The molecule has 200 valence electrons. The van der Waals surface area contributed by atoms with Crippen molar-refractivity contribution in [3.63, 3.8) is 0 Å². The molecule has 0 saturated heterocycles. The van der Waals surface area contributed by atoms with Crippen molar-refractivity contribution in [2.45, 2.75) is 27.4 Å². The Labute approximate surface area is 222 Å². The van der Waals surface area contributed by atoms with Crippen LogP contribution in [0.1, 0.15) is 52.6 Å². The van der Waals surface area contributed by atoms with Crippen LogP contribution in [-0.2, 0) is 11.3 Å². The standard InChI is InChI=1S/C29H32N2O7/c1-5-35-25-16-23(17-26(36-6-2)27(25)37-7-3)28(32)31-30-18-22-10-8-9-11-24(22)38-19-20-12-14-21(15-13-20)29(33)34-4/h8-18H,5-7,19H2,1-4H3,(H,31,32)/b30-18+. The predicted molar refractivity (Wildman–Crippen MR) is 144 cm³/mol. The topological polar surface area (TPSA) is 105 Å². The zero-order valence-electron chi connectivity index (χ0n) is 22.0. The first-order valence-electron chi connectivity index (χ1n) is 12.3. The highest BCUT2D eigenvalue weighted by Crippen LogP contribution is 2.39. The van der Waals surface area contributed by atoms with E-state index in [1.54, 1.807) is 42.5 Å². The highest BCUT2D eigenvalue weighted by molar-refractivity contribution is 5.96. The third-order valence-electron chi connectivity index (χ3n) is 5.23. The summed E-state index contributed by atoms with van der Waals surface area (Å²) in [6, 6.07) is 17.5. The van der Waals surface area contributed by atoms with Crippen LogP contribution in [0, 0.1) is 0 Å². The summed E-state index contributed by atoms with van der Waals surface area (Å²) in [4.78, 5) is 24.5. The van der Waals surface area contributed by atoms with Crippen molar-refractivity contribution in [3.05, 3.63) is 82.9 Å². The minimum absolute atomic E-state index is 0.283. The zero-order valence-corrected chi connectivity index (χ0v) is 22.0. The fraction of sp³-hybridized carbons (Fsp3) is 0.276. The van der Waals surface area contributed by atoms with E-state index in [0.29, 0.717) is 59.5 Å². The van der Waals surface area contributed by atoms with E-state index in [0.717, 1.165) is 5.56 Å². The van der Waals surface area contributed by atoms with Crippen molar-refractivity contribution in [3.8, 4) is 23.0 Å². The molecule has 0 aliphatic carbocycles. The quantitative estimate of drug-likeness (QED) is 0.192. The lowest BCUT2D eigenvalue weighted by Crippen LogP contribution is -2.18. The molecule has 1 amide bonds. The number of nitrogens with one attached hydrogen (secondary N) is 1. The van der Waals surface area contributed by atoms with Gasteiger partial charge in [0.05, 0.1) is 38.7 Å². The Morgan fingerprint density at radius 1 is 0.789 bits per heavy atom. The van der Waals surface area contributed by atoms with Crippen LogP contribution >= 0.6 is 0 Å². The summed E-state index contributed by atoms with van der Waals surface area (Å²) in [5, 5.41) is 4.12. The molecule has 0 aliphatic rings. The molecule has 0 atom stereocenters. The lowest BCUT2D eigenvalue weighted by atomic mass is 10.1. The number of nitrogens with zero attached hydrogens (tertiary/aromatic N) is 1. The van der Waals surface area contributed by atoms with E-state index < -0.39 is 11.9 Å². The Morgan fingerprint density at radius 2 is 1.42 bits per heavy atom. The molecule has 3 aromatic rings. The highest BCUT2D eigenvalue weighted by Gasteiger charge is 2.18. The third kappa shape index (κ3) is 7.49. The molecule has 0 aliphatic heterocycles. The van der Waals surface area contributed by atoms with Gasteiger partial charge in [-0.1, -0.05) is 24.3 Å². The molecule has 0 fully saturated rings. The summed E-state index contributed by atoms with van der Waals surface area (Å²) < 4.78 is 27.7. The molecule has 0 heterocycles. The van der Waals surface area contributed by atoms with Crippen LogP contribution in [0.5, 0.6) is 23.0 Å². The van der Waals surface area contributed by atoms with Gasteiger partial charge in [0.1, 0.15) is 12.4 Å². The average molecular weight is 521 g/mol. The fourth-order valence-electron chi connectivity index (χ4n) is 3.48. The summed E-state index contributed by atoms with van der Waals surface area (Å²) in [5.41, 5.74) is 4.88. The SMILES string of the molecule is CCOc1cc(C(=O)N/N=C/c2ccccc2OCc2ccc(C(=O)OC)cc2)cc(OCC)c1OCC. The Bertz CT molecular complexity index is 1230. The van der Waals surface area contributed by atoms with Crippen LogP contribution < -0.4 is 24.4 Å². The van der Waals surface area contributed by atoms with Crippen LogP contribution in [0.3, 0.4) is 0 Å². The van der Waals surface area contributed by atoms with Gasteiger partial charge in [-0.15, -0.1) is 0 Å². The number of rotatable bonds is 13. The number of hydrazone groups is 1. The maximum atomic E-state index is 12.9. The summed E-state index contributed by atoms with van der Waals surface area (Å²) in [5.74, 6) is 1.06. The van der Waals surface area contributed by atoms with Crippen LogP contribution in [0.4, 0.5) is 0 Å². The minimum Gasteiger partial charge on any atom is -0.490 e. The van der Waals surface area contributed by atoms with Crippen LogP contribution in [0.15, 0.2) is 65.8 Å². The van der Waals surface area contributed by atoms with Gasteiger partial charge in [0.15, 0.2) is 11.5 Å². The normalized spacial score (nSPS) is 10.6. The van der Waals surface area contributed by atoms with Crippen molar-refractivity contribution in [2.24, 2.45) is 5.10 Å². The van der Waals surface area contributed by atoms with E-state index in [-0.39, 0.29) is 6.61 Å². The van der Waals surface area contributed by atoms with Crippen molar-refractivity contribution in [1.82, 2.24) is 5.43 Å². The lowest BCUT2D eigenvalue weighted by molar-refractivity contribution is 0.0600. The molecule has 3 rings (SSSR count). The second kappa shape index (κ2) is 14.3. The van der Waals surface area contributed by atoms with Gasteiger partial charge < -0.3 is 23.7 Å². The van der Waals surface area contributed by atoms with Crippen molar-refractivity contribution in [2.75, 3.05) is 26.9 Å². The first kappa shape index (κ1) is 28.0. The maximum Gasteiger partial charge on any atom is 0.337 e. The number of hydrogen-bond acceptors (Lipinski definition) is 8. The van der Waals surface area contributed by atoms with Crippen LogP contribution in [0.25, 0.3) is 0 Å². The van der Waals surface area contributed by atoms with Crippen molar-refractivity contribution in [1.29, 1.82) is 0 Å². The molecule has 0 aromatic heterocycles. The van der Waals surface area contributed by atoms with E-state index in [9.17, 15) is 9.59 Å². The number of hydrogen-bond donors (Lipinski definition) is 1. The molecule has 0 unspecified atom stereocenters. The Morgan fingerprint density at radius 3 is 2.03 bits per heavy atom. The van der Waals surface area contributed by atoms with E-state index in [1.807, 2.05) is 39.0 Å². The van der Waals surface area contributed by atoms with Gasteiger partial charge in [0.2, 0.25) is 5.75 Å². The number of para-hydroxylation sites is 1. The maximum absolute atomic E-state index is 12.9. The molecule has 38 heavy (non-hydrogen) atoms. The molecule has 3 aromatic carbocycles. The summed E-state index contributed by atoms with van der Waals surface area (Å²) in [7, 11) is 1.34. The van der Waals surface area contributed by atoms with E-state index in [1.165, 1.54) is 13.3 Å². The molecule has 0 radical (unpaired) electrons. The number of esters is 1. The number of amides is 1. The second-order valence-electron chi connectivity index (χ2n) is 7.81. The molecule has 1 N–H and O–H groups in total. The molecule has 0 bridgehead atoms. The van der Waals surface area contributed by atoms with E-state index in [2.05, 4.69) is 10.5 Å². The minimum atomic E-state index is -0.435. The molecular weight excluding hydrogens is 488 g/mol. The number of ether oxygens (including phenoxy) is 5. The van der Waals surface area contributed by atoms with Gasteiger partial charge in [-0.25, -0.2) is 10.2 Å². The summed E-state index contributed by atoms with van der Waals surface area (Å²) in [6.07, 6.45) is 1.51. The Hall–Kier alpha value is -4.53. The number of benzene rings is 3. The molecule has 0 spiro atoms. The van der Waals surface area contributed by atoms with Crippen molar-refractivity contribution >= 4 is 18.1 Å². The third-order valence-corrected chi connectivity index (χ3v) is 5.23. The molecule has 0 saturated carbocycles. The lowest BCUT2D eigenvalue weighted by Gasteiger charge is -2.16. The summed E-state index contributed by atoms with van der Waals surface area (Å²) >= 11 is 0. The van der Waals surface area contributed by atoms with Crippen molar-refractivity contribution < 1.29 is 33.3 Å². The van der Waals surface area contributed by atoms with Crippen LogP contribution in [-0.4, -0.2) is 45.0 Å². The van der Waals surface area contributed by atoms with Gasteiger partial charge in [0, 0.05) is 11.1 Å². The number of methoxy groups -OCH3 is 1. The van der Waals surface area contributed by atoms with Crippen LogP contribution in [0.2, 0.25) is 0 Å². The van der Waals surface area contributed by atoms with Gasteiger partial charge in [-0.3, -0.25) is 4.79 Å². The molecular formula is C29H32N2O7. The average Bonchev–Trinajstić information content (AvgIpc) is 2.94. The second-order valence-corrected chi connectivity index (χ2v) is 7.81. The highest BCUT2D eigenvalue weighted by atomic mass is 16.5. The number of carbonyl (C=O) groups excluding carboxylic acids is 2. The van der Waals surface area contributed by atoms with Gasteiger partial charge >= 0.3 is 5.97 Å². The number of carbonyl (C=O) groups is 2. The monoisotopic (exact) mass is 520 g/mol. The molecule has 9 heteroatoms. The summed E-state index contributed by atoms with van der Waals surface area (Å²) in [6.45, 7) is 7.08. The largest absolute Gasteiger partial charge is 0.490 e. The van der Waals surface area contributed by atoms with Gasteiger partial charge in [0.25, 0.3) is 5.91 Å². The molecule has 9 nitrogen and oxygen atoms in total. The van der Waals surface area contributed by atoms with Gasteiger partial charge in [-0.05, 0) is 62.7 Å². The first-order chi connectivity index (χ1) is 18.5.